The van der Waals surface area contributed by atoms with Crippen LogP contribution in [0.3, 0.4) is 0 Å². The summed E-state index contributed by atoms with van der Waals surface area (Å²) in [6.45, 7) is 0.430. The van der Waals surface area contributed by atoms with Crippen molar-refractivity contribution in [2.75, 3.05) is 25.5 Å². The minimum absolute atomic E-state index is 0.0597. The minimum atomic E-state index is -4.50. The molecule has 0 radical (unpaired) electrons. The maximum atomic E-state index is 13.1. The van der Waals surface area contributed by atoms with Gasteiger partial charge in [0.25, 0.3) is 0 Å². The molecule has 1 saturated heterocycles. The third-order valence-corrected chi connectivity index (χ3v) is 7.95. The van der Waals surface area contributed by atoms with Gasteiger partial charge < -0.3 is 10.6 Å². The van der Waals surface area contributed by atoms with E-state index in [1.807, 2.05) is 0 Å². The summed E-state index contributed by atoms with van der Waals surface area (Å²) in [5.41, 5.74) is 0.641. The van der Waals surface area contributed by atoms with E-state index in [-0.39, 0.29) is 24.5 Å². The van der Waals surface area contributed by atoms with Gasteiger partial charge in [-0.1, -0.05) is 6.07 Å². The molecule has 0 saturated carbocycles. The lowest BCUT2D eigenvalue weighted by atomic mass is 10.0. The van der Waals surface area contributed by atoms with Gasteiger partial charge in [0.15, 0.2) is 15.7 Å². The van der Waals surface area contributed by atoms with Crippen LogP contribution in [-0.4, -0.2) is 72.8 Å². The van der Waals surface area contributed by atoms with Crippen molar-refractivity contribution in [1.82, 2.24) is 35.9 Å². The van der Waals surface area contributed by atoms with Crippen molar-refractivity contribution in [2.24, 2.45) is 5.14 Å². The van der Waals surface area contributed by atoms with Crippen molar-refractivity contribution in [3.05, 3.63) is 24.5 Å². The third kappa shape index (κ3) is 3.41. The van der Waals surface area contributed by atoms with Crippen LogP contribution in [0.25, 0.3) is 22.5 Å². The number of primary sulfonamides is 1. The van der Waals surface area contributed by atoms with Gasteiger partial charge in [0.05, 0.1) is 10.1 Å². The molecule has 0 unspecified atom stereocenters. The number of nitrogens with two attached hydrogens (primary N) is 1. The topological polar surface area (TPSA) is 199 Å². The summed E-state index contributed by atoms with van der Waals surface area (Å²) in [6.07, 6.45) is 2.91. The van der Waals surface area contributed by atoms with E-state index >= 15 is 0 Å². The lowest BCUT2D eigenvalue weighted by Crippen LogP contribution is -2.51. The first-order chi connectivity index (χ1) is 14.2. The second-order valence-corrected chi connectivity index (χ2v) is 10.2. The molecule has 0 atom stereocenters. The predicted octanol–water partition coefficient (Wildman–Crippen LogP) is -1.24. The summed E-state index contributed by atoms with van der Waals surface area (Å²) < 4.78 is 51.4. The number of benzene rings is 1. The zero-order valence-corrected chi connectivity index (χ0v) is 17.2. The van der Waals surface area contributed by atoms with Crippen LogP contribution in [-0.2, 0) is 19.9 Å². The molecule has 3 heterocycles. The minimum Gasteiger partial charge on any atom is -0.357 e. The van der Waals surface area contributed by atoms with Crippen LogP contribution in [0.1, 0.15) is 0 Å². The fourth-order valence-electron chi connectivity index (χ4n) is 3.07. The number of hydrogen-bond donors (Lipinski definition) is 4. The number of nitrogens with zero attached hydrogens (tertiary/aromatic N) is 5. The van der Waals surface area contributed by atoms with Crippen molar-refractivity contribution >= 4 is 25.8 Å². The number of anilines is 1. The summed E-state index contributed by atoms with van der Waals surface area (Å²) in [5.74, 6) is 0.292. The first-order valence-corrected chi connectivity index (χ1v) is 11.7. The average Bonchev–Trinajstić information content (AvgIpc) is 3.19. The fourth-order valence-corrected chi connectivity index (χ4v) is 6.26. The van der Waals surface area contributed by atoms with Crippen molar-refractivity contribution in [3.8, 4) is 22.5 Å². The van der Waals surface area contributed by atoms with E-state index in [0.29, 0.717) is 17.1 Å². The smallest absolute Gasteiger partial charge is 0.240 e. The first-order valence-electron chi connectivity index (χ1n) is 8.62. The van der Waals surface area contributed by atoms with Crippen LogP contribution in [0.2, 0.25) is 0 Å². The molecule has 13 nitrogen and oxygen atoms in total. The quantitative estimate of drug-likeness (QED) is 0.349. The zero-order chi connectivity index (χ0) is 21.5. The summed E-state index contributed by atoms with van der Waals surface area (Å²) in [4.78, 5) is 7.25. The number of rotatable bonds is 6. The molecule has 3 aromatic rings. The lowest BCUT2D eigenvalue weighted by molar-refractivity contribution is 0.493. The summed E-state index contributed by atoms with van der Waals surface area (Å²) >= 11 is 0. The Morgan fingerprint density at radius 3 is 2.33 bits per heavy atom. The van der Waals surface area contributed by atoms with Gasteiger partial charge in [0.1, 0.15) is 4.90 Å². The average molecular weight is 451 g/mol. The highest BCUT2D eigenvalue weighted by molar-refractivity contribution is 7.94. The molecular formula is C15H17N9O4S2. The van der Waals surface area contributed by atoms with Gasteiger partial charge in [-0.3, -0.25) is 0 Å². The summed E-state index contributed by atoms with van der Waals surface area (Å²) in [6, 6.07) is 2.69. The second kappa shape index (κ2) is 7.35. The van der Waals surface area contributed by atoms with Gasteiger partial charge in [-0.05, 0) is 22.1 Å². The van der Waals surface area contributed by atoms with E-state index in [1.54, 1.807) is 7.05 Å². The van der Waals surface area contributed by atoms with Crippen LogP contribution in [0.5, 0.6) is 0 Å². The second-order valence-electron chi connectivity index (χ2n) is 6.48. The normalized spacial score (nSPS) is 15.0. The largest absolute Gasteiger partial charge is 0.357 e. The van der Waals surface area contributed by atoms with Gasteiger partial charge in [-0.25, -0.2) is 37.0 Å². The lowest BCUT2D eigenvalue weighted by Gasteiger charge is -2.28. The van der Waals surface area contributed by atoms with Gasteiger partial charge in [-0.15, -0.1) is 5.10 Å². The van der Waals surface area contributed by atoms with E-state index in [2.05, 4.69) is 41.2 Å². The molecule has 4 rings (SSSR count). The van der Waals surface area contributed by atoms with Crippen LogP contribution in [0.15, 0.2) is 34.3 Å². The molecule has 0 spiro atoms. The number of H-pyrrole nitrogens is 1. The van der Waals surface area contributed by atoms with Gasteiger partial charge in [0, 0.05) is 43.7 Å². The number of tetrazole rings is 1. The first kappa shape index (κ1) is 20.3. The maximum Gasteiger partial charge on any atom is 0.240 e. The Morgan fingerprint density at radius 1 is 1.13 bits per heavy atom. The monoisotopic (exact) mass is 451 g/mol. The van der Waals surface area contributed by atoms with Crippen LogP contribution < -0.4 is 15.8 Å². The van der Waals surface area contributed by atoms with Crippen LogP contribution in [0, 0.1) is 0 Å². The molecule has 1 aliphatic rings. The highest BCUT2D eigenvalue weighted by Crippen LogP contribution is 2.39. The molecule has 0 aliphatic carbocycles. The molecule has 0 amide bonds. The van der Waals surface area contributed by atoms with Crippen LogP contribution >= 0.6 is 0 Å². The van der Waals surface area contributed by atoms with E-state index in [1.165, 1.54) is 24.5 Å². The van der Waals surface area contributed by atoms with E-state index in [0.717, 1.165) is 0 Å². The molecule has 1 fully saturated rings. The zero-order valence-electron chi connectivity index (χ0n) is 15.6. The molecule has 1 aliphatic heterocycles. The van der Waals surface area contributed by atoms with Crippen molar-refractivity contribution in [2.45, 2.75) is 15.0 Å². The number of hydrogen-bond acceptors (Lipinski definition) is 11. The Balaban J connectivity index is 2.06. The fraction of sp³-hybridized carbons (Fsp3) is 0.267. The summed E-state index contributed by atoms with van der Waals surface area (Å²) in [5, 5.41) is 23.6. The third-order valence-electron chi connectivity index (χ3n) is 4.66. The van der Waals surface area contributed by atoms with Crippen molar-refractivity contribution in [3.63, 3.8) is 0 Å². The van der Waals surface area contributed by atoms with Gasteiger partial charge >= 0.3 is 0 Å². The number of aromatic amines is 1. The molecule has 30 heavy (non-hydrogen) atoms. The Morgan fingerprint density at radius 2 is 1.83 bits per heavy atom. The van der Waals surface area contributed by atoms with Crippen LogP contribution in [0.4, 0.5) is 5.95 Å². The molecule has 158 valence electrons. The van der Waals surface area contributed by atoms with E-state index in [4.69, 9.17) is 5.14 Å². The Bertz CT molecular complexity index is 1290. The standard InChI is InChI=1S/C15H17N9O4S2/c1-17-15-19-4-8(5-20-15)10-2-3-11(29(25,26)9-6-18-7-9)13(30(16,27)28)12(10)14-21-23-24-22-14/h2-5,9,18H,6-7H2,1H3,(H2,16,27,28)(H,17,19,20)(H,21,22,23,24). The Labute approximate surface area is 171 Å². The number of sulfonamides is 1. The molecule has 0 bridgehead atoms. The summed E-state index contributed by atoms with van der Waals surface area (Å²) in [7, 11) is -6.84. The number of nitrogens with one attached hydrogen (secondary N) is 3. The van der Waals surface area contributed by atoms with Gasteiger partial charge in [-0.2, -0.15) is 0 Å². The highest BCUT2D eigenvalue weighted by Gasteiger charge is 2.38. The van der Waals surface area contributed by atoms with E-state index < -0.39 is 34.9 Å². The SMILES string of the molecule is CNc1ncc(-c2ccc(S(=O)(=O)C3CNC3)c(S(N)(=O)=O)c2-c2nnn[nH]2)cn1. The molecule has 15 heteroatoms. The van der Waals surface area contributed by atoms with Crippen molar-refractivity contribution in [1.29, 1.82) is 0 Å². The maximum absolute atomic E-state index is 13.1. The predicted molar refractivity (Wildman–Crippen MR) is 105 cm³/mol. The van der Waals surface area contributed by atoms with Gasteiger partial charge in [0.2, 0.25) is 16.0 Å². The molecular weight excluding hydrogens is 434 g/mol. The highest BCUT2D eigenvalue weighted by atomic mass is 32.2. The Hall–Kier alpha value is -3.01. The molecule has 2 aromatic heterocycles. The van der Waals surface area contributed by atoms with E-state index in [9.17, 15) is 16.8 Å². The Kier molecular flexibility index (Phi) is 4.97. The number of aromatic nitrogens is 6. The molecule has 5 N–H and O–H groups in total. The molecule has 1 aromatic carbocycles. The van der Waals surface area contributed by atoms with Crippen molar-refractivity contribution < 1.29 is 16.8 Å². The number of sulfone groups is 1.